The average Bonchev–Trinajstić information content (AvgIpc) is 2.38. The molecule has 1 unspecified atom stereocenters. The lowest BCUT2D eigenvalue weighted by molar-refractivity contribution is 0.0922. The molecule has 1 atom stereocenters. The van der Waals surface area contributed by atoms with E-state index in [-0.39, 0.29) is 23.5 Å². The molecule has 0 saturated carbocycles. The number of aliphatic hydroxyl groups excluding tert-OH is 1. The number of nitrogens with one attached hydrogen (secondary N) is 2. The molecule has 0 aliphatic heterocycles. The lowest BCUT2D eigenvalue weighted by Gasteiger charge is -2.11. The predicted octanol–water partition coefficient (Wildman–Crippen LogP) is 0.0954. The maximum atomic E-state index is 11.7. The Morgan fingerprint density at radius 3 is 2.37 bits per heavy atom. The van der Waals surface area contributed by atoms with Crippen molar-refractivity contribution in [2.24, 2.45) is 0 Å². The van der Waals surface area contributed by atoms with Crippen molar-refractivity contribution in [3.8, 4) is 0 Å². The smallest absolute Gasteiger partial charge is 0.251 e. The molecule has 19 heavy (non-hydrogen) atoms. The molecule has 1 amide bonds. The van der Waals surface area contributed by atoms with Crippen molar-refractivity contribution >= 4 is 15.9 Å². The predicted molar refractivity (Wildman–Crippen MR) is 71.3 cm³/mol. The van der Waals surface area contributed by atoms with Crippen LogP contribution in [0.1, 0.15) is 24.2 Å². The molecular formula is C12H18N2O4S. The molecule has 0 aromatic heterocycles. The lowest BCUT2D eigenvalue weighted by Crippen LogP contribution is -2.35. The maximum absolute atomic E-state index is 11.7. The van der Waals surface area contributed by atoms with Crippen LogP contribution in [-0.2, 0) is 10.0 Å². The zero-order valence-electron chi connectivity index (χ0n) is 10.9. The number of benzene rings is 1. The highest BCUT2D eigenvalue weighted by molar-refractivity contribution is 7.89. The first-order valence-corrected chi connectivity index (χ1v) is 7.40. The largest absolute Gasteiger partial charge is 0.394 e. The van der Waals surface area contributed by atoms with Crippen LogP contribution >= 0.6 is 0 Å². The first kappa shape index (κ1) is 15.6. The minimum atomic E-state index is -3.50. The number of sulfonamides is 1. The summed E-state index contributed by atoms with van der Waals surface area (Å²) < 4.78 is 25.8. The molecule has 1 rings (SSSR count). The van der Waals surface area contributed by atoms with Gasteiger partial charge in [-0.3, -0.25) is 4.79 Å². The van der Waals surface area contributed by atoms with Crippen LogP contribution in [0.25, 0.3) is 0 Å². The number of rotatable bonds is 6. The number of carbonyl (C=O) groups is 1. The van der Waals surface area contributed by atoms with Gasteiger partial charge in [-0.1, -0.05) is 6.92 Å². The van der Waals surface area contributed by atoms with Gasteiger partial charge >= 0.3 is 0 Å². The third kappa shape index (κ3) is 4.30. The van der Waals surface area contributed by atoms with E-state index < -0.39 is 10.0 Å². The average molecular weight is 286 g/mol. The number of amides is 1. The van der Waals surface area contributed by atoms with Crippen molar-refractivity contribution in [1.29, 1.82) is 0 Å². The molecule has 1 aromatic rings. The lowest BCUT2D eigenvalue weighted by atomic mass is 10.2. The third-order valence-electron chi connectivity index (χ3n) is 2.41. The normalized spacial score (nSPS) is 13.0. The molecule has 0 spiro atoms. The SMILES string of the molecule is CCNS(=O)(=O)c1ccc(C(=O)NC(C)CO)cc1. The molecule has 0 radical (unpaired) electrons. The highest BCUT2D eigenvalue weighted by atomic mass is 32.2. The Balaban J connectivity index is 2.85. The van der Waals surface area contributed by atoms with E-state index in [1.165, 1.54) is 24.3 Å². The summed E-state index contributed by atoms with van der Waals surface area (Å²) in [6, 6.07) is 5.26. The van der Waals surface area contributed by atoms with Crippen LogP contribution in [0.2, 0.25) is 0 Å². The Morgan fingerprint density at radius 2 is 1.89 bits per heavy atom. The summed E-state index contributed by atoms with van der Waals surface area (Å²) in [5.41, 5.74) is 0.343. The van der Waals surface area contributed by atoms with Crippen LogP contribution in [0, 0.1) is 0 Å². The number of hydrogen-bond donors (Lipinski definition) is 3. The standard InChI is InChI=1S/C12H18N2O4S/c1-3-13-19(17,18)11-6-4-10(5-7-11)12(16)14-9(2)8-15/h4-7,9,13,15H,3,8H2,1-2H3,(H,14,16). The molecule has 0 saturated heterocycles. The van der Waals surface area contributed by atoms with E-state index in [4.69, 9.17) is 5.11 Å². The van der Waals surface area contributed by atoms with E-state index in [9.17, 15) is 13.2 Å². The summed E-state index contributed by atoms with van der Waals surface area (Å²) in [7, 11) is -3.50. The van der Waals surface area contributed by atoms with E-state index >= 15 is 0 Å². The summed E-state index contributed by atoms with van der Waals surface area (Å²) in [5.74, 6) is -0.353. The van der Waals surface area contributed by atoms with E-state index in [1.807, 2.05) is 0 Å². The van der Waals surface area contributed by atoms with Gasteiger partial charge in [0.1, 0.15) is 0 Å². The third-order valence-corrected chi connectivity index (χ3v) is 3.97. The Bertz CT molecular complexity index is 525. The fraction of sp³-hybridized carbons (Fsp3) is 0.417. The second kappa shape index (κ2) is 6.65. The van der Waals surface area contributed by atoms with Crippen molar-refractivity contribution < 1.29 is 18.3 Å². The van der Waals surface area contributed by atoms with Crippen LogP contribution in [0.4, 0.5) is 0 Å². The first-order chi connectivity index (χ1) is 8.90. The molecule has 106 valence electrons. The second-order valence-corrected chi connectivity index (χ2v) is 5.85. The van der Waals surface area contributed by atoms with Gasteiger partial charge in [0, 0.05) is 18.2 Å². The minimum Gasteiger partial charge on any atom is -0.394 e. The summed E-state index contributed by atoms with van der Waals surface area (Å²) in [4.78, 5) is 11.8. The van der Waals surface area contributed by atoms with E-state index in [2.05, 4.69) is 10.0 Å². The zero-order valence-corrected chi connectivity index (χ0v) is 11.7. The van der Waals surface area contributed by atoms with Gasteiger partial charge in [0.15, 0.2) is 0 Å². The van der Waals surface area contributed by atoms with Gasteiger partial charge in [-0.15, -0.1) is 0 Å². The van der Waals surface area contributed by atoms with Gasteiger partial charge < -0.3 is 10.4 Å². The van der Waals surface area contributed by atoms with Crippen LogP contribution in [0.5, 0.6) is 0 Å². The van der Waals surface area contributed by atoms with Gasteiger partial charge in [-0.2, -0.15) is 0 Å². The minimum absolute atomic E-state index is 0.112. The first-order valence-electron chi connectivity index (χ1n) is 5.92. The molecule has 7 heteroatoms. The summed E-state index contributed by atoms with van der Waals surface area (Å²) in [6.45, 7) is 3.51. The van der Waals surface area contributed by atoms with Gasteiger partial charge in [-0.05, 0) is 31.2 Å². The van der Waals surface area contributed by atoms with Crippen molar-refractivity contribution in [2.75, 3.05) is 13.2 Å². The van der Waals surface area contributed by atoms with Gasteiger partial charge in [0.25, 0.3) is 5.91 Å². The van der Waals surface area contributed by atoms with Crippen molar-refractivity contribution in [2.45, 2.75) is 24.8 Å². The fourth-order valence-electron chi connectivity index (χ4n) is 1.41. The molecule has 0 heterocycles. The Morgan fingerprint density at radius 1 is 1.32 bits per heavy atom. The Labute approximate surface area is 112 Å². The second-order valence-electron chi connectivity index (χ2n) is 4.08. The van der Waals surface area contributed by atoms with E-state index in [1.54, 1.807) is 13.8 Å². The van der Waals surface area contributed by atoms with Crippen LogP contribution in [0.15, 0.2) is 29.2 Å². The molecular weight excluding hydrogens is 268 g/mol. The number of hydrogen-bond acceptors (Lipinski definition) is 4. The highest BCUT2D eigenvalue weighted by Crippen LogP contribution is 2.10. The fourth-order valence-corrected chi connectivity index (χ4v) is 2.45. The Hall–Kier alpha value is -1.44. The zero-order chi connectivity index (χ0) is 14.5. The molecule has 0 aliphatic rings. The Kier molecular flexibility index (Phi) is 5.46. The van der Waals surface area contributed by atoms with Crippen LogP contribution < -0.4 is 10.0 Å². The summed E-state index contributed by atoms with van der Waals surface area (Å²) >= 11 is 0. The molecule has 0 bridgehead atoms. The highest BCUT2D eigenvalue weighted by Gasteiger charge is 2.14. The van der Waals surface area contributed by atoms with Gasteiger partial charge in [-0.25, -0.2) is 13.1 Å². The van der Waals surface area contributed by atoms with Gasteiger partial charge in [0.2, 0.25) is 10.0 Å². The van der Waals surface area contributed by atoms with E-state index in [0.29, 0.717) is 12.1 Å². The van der Waals surface area contributed by atoms with Crippen LogP contribution in [-0.4, -0.2) is 38.6 Å². The van der Waals surface area contributed by atoms with E-state index in [0.717, 1.165) is 0 Å². The van der Waals surface area contributed by atoms with Gasteiger partial charge in [0.05, 0.1) is 11.5 Å². The number of carbonyl (C=O) groups excluding carboxylic acids is 1. The molecule has 0 aliphatic carbocycles. The molecule has 3 N–H and O–H groups in total. The van der Waals surface area contributed by atoms with Crippen molar-refractivity contribution in [3.05, 3.63) is 29.8 Å². The molecule has 0 fully saturated rings. The monoisotopic (exact) mass is 286 g/mol. The maximum Gasteiger partial charge on any atom is 0.251 e. The van der Waals surface area contributed by atoms with Crippen molar-refractivity contribution in [3.63, 3.8) is 0 Å². The summed E-state index contributed by atoms with van der Waals surface area (Å²) in [5, 5.41) is 11.4. The quantitative estimate of drug-likeness (QED) is 0.691. The van der Waals surface area contributed by atoms with Crippen molar-refractivity contribution in [1.82, 2.24) is 10.0 Å². The molecule has 1 aromatic carbocycles. The topological polar surface area (TPSA) is 95.5 Å². The number of aliphatic hydroxyl groups is 1. The molecule has 6 nitrogen and oxygen atoms in total. The summed E-state index contributed by atoms with van der Waals surface area (Å²) in [6.07, 6.45) is 0. The van der Waals surface area contributed by atoms with Crippen LogP contribution in [0.3, 0.4) is 0 Å².